The van der Waals surface area contributed by atoms with Gasteiger partial charge in [-0.15, -0.1) is 0 Å². The van der Waals surface area contributed by atoms with Crippen LogP contribution in [0.4, 0.5) is 5.95 Å². The first kappa shape index (κ1) is 28.5. The minimum absolute atomic E-state index is 0.0349. The first-order chi connectivity index (χ1) is 20.1. The first-order valence-corrected chi connectivity index (χ1v) is 16.6. The molecule has 220 valence electrons. The van der Waals surface area contributed by atoms with E-state index >= 15 is 0 Å². The summed E-state index contributed by atoms with van der Waals surface area (Å²) in [5, 5.41) is 2.46. The van der Waals surface area contributed by atoms with Crippen LogP contribution in [0.15, 0.2) is 76.8 Å². The van der Waals surface area contributed by atoms with Crippen molar-refractivity contribution in [3.05, 3.63) is 77.3 Å². The van der Waals surface area contributed by atoms with Crippen molar-refractivity contribution >= 4 is 42.1 Å². The third kappa shape index (κ3) is 4.91. The summed E-state index contributed by atoms with van der Waals surface area (Å²) >= 11 is 0. The Morgan fingerprint density at radius 1 is 1.07 bits per heavy atom. The zero-order valence-electron chi connectivity index (χ0n) is 25.2. The van der Waals surface area contributed by atoms with Gasteiger partial charge in [0.2, 0.25) is 5.95 Å². The molecule has 0 amide bonds. The summed E-state index contributed by atoms with van der Waals surface area (Å²) in [6, 6.07) is 21.6. The van der Waals surface area contributed by atoms with Crippen LogP contribution < -0.4 is 15.9 Å². The Morgan fingerprint density at radius 3 is 2.31 bits per heavy atom. The molecule has 0 radical (unpaired) electrons. The van der Waals surface area contributed by atoms with Crippen LogP contribution in [-0.2, 0) is 9.16 Å². The highest BCUT2D eigenvalue weighted by Gasteiger charge is 2.56. The Kier molecular flexibility index (Phi) is 7.40. The van der Waals surface area contributed by atoms with Gasteiger partial charge in [-0.1, -0.05) is 88.4 Å². The number of aliphatic imine (C=N–C) groups is 1. The van der Waals surface area contributed by atoms with Crippen LogP contribution in [0, 0.1) is 11.8 Å². The van der Waals surface area contributed by atoms with E-state index in [-0.39, 0.29) is 46.4 Å². The molecule has 2 aromatic heterocycles. The summed E-state index contributed by atoms with van der Waals surface area (Å²) in [4.78, 5) is 30.6. The van der Waals surface area contributed by atoms with Gasteiger partial charge in [0.1, 0.15) is 6.23 Å². The molecule has 2 fully saturated rings. The van der Waals surface area contributed by atoms with E-state index < -0.39 is 8.32 Å². The summed E-state index contributed by atoms with van der Waals surface area (Å²) in [5.74, 6) is 0.773. The minimum Gasteiger partial charge on any atom is -0.404 e. The van der Waals surface area contributed by atoms with Crippen molar-refractivity contribution in [2.24, 2.45) is 16.8 Å². The van der Waals surface area contributed by atoms with E-state index in [1.807, 2.05) is 18.7 Å². The average molecular weight is 585 g/mol. The molecule has 1 saturated carbocycles. The van der Waals surface area contributed by atoms with Crippen molar-refractivity contribution < 1.29 is 9.16 Å². The van der Waals surface area contributed by atoms with Crippen molar-refractivity contribution in [3.8, 4) is 0 Å². The van der Waals surface area contributed by atoms with Crippen LogP contribution in [0.1, 0.15) is 46.8 Å². The normalized spacial score (nSPS) is 24.5. The lowest BCUT2D eigenvalue weighted by atomic mass is 10.0. The van der Waals surface area contributed by atoms with E-state index in [4.69, 9.17) is 9.16 Å². The molecule has 5 atom stereocenters. The number of ether oxygens (including phenoxy) is 1. The van der Waals surface area contributed by atoms with Gasteiger partial charge in [-0.05, 0) is 27.8 Å². The number of hydrogen-bond donors (Lipinski definition) is 1. The maximum absolute atomic E-state index is 12.8. The highest BCUT2D eigenvalue weighted by atomic mass is 28.4. The number of aromatic amines is 1. The number of rotatable bonds is 7. The number of benzene rings is 2. The Balaban J connectivity index is 1.36. The molecule has 0 unspecified atom stereocenters. The minimum atomic E-state index is -2.72. The van der Waals surface area contributed by atoms with Gasteiger partial charge in [0.25, 0.3) is 13.9 Å². The van der Waals surface area contributed by atoms with Crippen LogP contribution in [0.25, 0.3) is 11.2 Å². The fourth-order valence-corrected chi connectivity index (χ4v) is 11.6. The summed E-state index contributed by atoms with van der Waals surface area (Å²) < 4.78 is 16.2. The quantitative estimate of drug-likeness (QED) is 0.198. The Hall–Kier alpha value is -3.60. The molecule has 1 aliphatic heterocycles. The topological polar surface area (TPSA) is 97.6 Å². The number of fused-ring (bicyclic) bond motifs is 2. The molecule has 10 heteroatoms. The maximum atomic E-state index is 12.8. The van der Waals surface area contributed by atoms with Crippen LogP contribution in [0.5, 0.6) is 0 Å². The highest BCUT2D eigenvalue weighted by Crippen LogP contribution is 2.50. The molecule has 0 bridgehead atoms. The molecule has 2 aromatic carbocycles. The predicted molar refractivity (Wildman–Crippen MR) is 168 cm³/mol. The largest absolute Gasteiger partial charge is 0.404 e. The lowest BCUT2D eigenvalue weighted by Crippen LogP contribution is -2.68. The molecule has 0 spiro atoms. The number of imidazole rings is 1. The predicted octanol–water partition coefficient (Wildman–Crippen LogP) is 4.23. The molecule has 3 heterocycles. The summed E-state index contributed by atoms with van der Waals surface area (Å²) in [6.45, 7) is 9.22. The smallest absolute Gasteiger partial charge is 0.280 e. The number of hydrogen-bond acceptors (Lipinski definition) is 6. The third-order valence-electron chi connectivity index (χ3n) is 8.74. The van der Waals surface area contributed by atoms with Crippen LogP contribution >= 0.6 is 0 Å². The van der Waals surface area contributed by atoms with E-state index in [2.05, 4.69) is 108 Å². The second-order valence-electron chi connectivity index (χ2n) is 12.9. The molecule has 1 aliphatic carbocycles. The Morgan fingerprint density at radius 2 is 1.71 bits per heavy atom. The van der Waals surface area contributed by atoms with Gasteiger partial charge >= 0.3 is 0 Å². The van der Waals surface area contributed by atoms with E-state index in [9.17, 15) is 4.79 Å². The molecule has 6 rings (SSSR count). The van der Waals surface area contributed by atoms with Gasteiger partial charge < -0.3 is 14.1 Å². The molecular weight excluding hydrogens is 544 g/mol. The number of H-pyrrole nitrogens is 1. The summed E-state index contributed by atoms with van der Waals surface area (Å²) in [7, 11) is 1.00. The summed E-state index contributed by atoms with van der Waals surface area (Å²) in [6.07, 6.45) is 4.76. The van der Waals surface area contributed by atoms with Crippen LogP contribution in [0.2, 0.25) is 5.04 Å². The van der Waals surface area contributed by atoms with Gasteiger partial charge in [0, 0.05) is 26.4 Å². The second-order valence-corrected chi connectivity index (χ2v) is 17.2. The maximum Gasteiger partial charge on any atom is 0.280 e. The monoisotopic (exact) mass is 584 g/mol. The van der Waals surface area contributed by atoms with E-state index in [0.29, 0.717) is 11.6 Å². The Bertz CT molecular complexity index is 1590. The first-order valence-electron chi connectivity index (χ1n) is 14.7. The molecule has 2 aliphatic rings. The lowest BCUT2D eigenvalue weighted by molar-refractivity contribution is -0.0178. The van der Waals surface area contributed by atoms with Gasteiger partial charge in [-0.25, -0.2) is 9.98 Å². The van der Waals surface area contributed by atoms with E-state index in [1.165, 1.54) is 10.4 Å². The van der Waals surface area contributed by atoms with E-state index in [1.54, 1.807) is 17.6 Å². The molecule has 4 aromatic rings. The zero-order valence-corrected chi connectivity index (χ0v) is 26.2. The average Bonchev–Trinajstić information content (AvgIpc) is 3.66. The van der Waals surface area contributed by atoms with Crippen LogP contribution in [0.3, 0.4) is 0 Å². The standard InChI is InChI=1S/C32H40N6O3Si/c1-21-17-25(41-42(32(2,3)4,22-13-9-7-10-14-22)23-15-11-8-12-16-23)24-18-26(40-28(21)24)38-20-33-27-29(38)35-31(36-30(27)39)34-19-37(5)6/h7-16,19-21,24-26,28H,17-18H2,1-6H3,(H,35,36,39)/t21-,24+,25-,26-,28-/m1/s1. The van der Waals surface area contributed by atoms with Crippen LogP contribution in [-0.4, -0.2) is 65.4 Å². The molecular formula is C32H40N6O3Si. The molecule has 9 nitrogen and oxygen atoms in total. The van der Waals surface area contributed by atoms with E-state index in [0.717, 1.165) is 12.8 Å². The van der Waals surface area contributed by atoms with Crippen molar-refractivity contribution in [1.82, 2.24) is 24.4 Å². The van der Waals surface area contributed by atoms with Gasteiger partial charge in [0.15, 0.2) is 11.2 Å². The lowest BCUT2D eigenvalue weighted by Gasteiger charge is -2.45. The van der Waals surface area contributed by atoms with Crippen molar-refractivity contribution in [2.45, 2.75) is 64.0 Å². The van der Waals surface area contributed by atoms with Gasteiger partial charge in [0.05, 0.1) is 24.9 Å². The molecule has 1 saturated heterocycles. The fraction of sp³-hybridized carbons (Fsp3) is 0.438. The number of nitrogens with zero attached hydrogens (tertiary/aromatic N) is 5. The zero-order chi connectivity index (χ0) is 29.6. The van der Waals surface area contributed by atoms with Crippen molar-refractivity contribution in [3.63, 3.8) is 0 Å². The number of nitrogens with one attached hydrogen (secondary N) is 1. The fourth-order valence-electron chi connectivity index (χ4n) is 6.89. The third-order valence-corrected chi connectivity index (χ3v) is 13.8. The SMILES string of the molecule is C[C@@H]1C[C@@H](O[Si](c2ccccc2)(c2ccccc2)C(C)(C)C)[C@@H]2C[C@H](n3cnc4c(=O)[nH]c(N=CN(C)C)nc43)O[C@@H]21. The molecule has 42 heavy (non-hydrogen) atoms. The highest BCUT2D eigenvalue weighted by molar-refractivity contribution is 6.99. The van der Waals surface area contributed by atoms with Crippen molar-refractivity contribution in [1.29, 1.82) is 0 Å². The second kappa shape index (κ2) is 10.9. The summed E-state index contributed by atoms with van der Waals surface area (Å²) in [5.41, 5.74) is 0.448. The van der Waals surface area contributed by atoms with Crippen molar-refractivity contribution in [2.75, 3.05) is 14.1 Å². The van der Waals surface area contributed by atoms with Gasteiger partial charge in [-0.2, -0.15) is 4.98 Å². The molecule has 1 N–H and O–H groups in total. The Labute approximate surface area is 247 Å². The number of aromatic nitrogens is 4. The van der Waals surface area contributed by atoms with Gasteiger partial charge in [-0.3, -0.25) is 14.3 Å².